The van der Waals surface area contributed by atoms with Gasteiger partial charge in [0.05, 0.1) is 44.2 Å². The molecule has 9 aliphatic rings. The van der Waals surface area contributed by atoms with Gasteiger partial charge in [-0.05, 0) is 80.5 Å². The van der Waals surface area contributed by atoms with Crippen LogP contribution in [0.15, 0.2) is 11.6 Å². The van der Waals surface area contributed by atoms with Gasteiger partial charge in [0.15, 0.2) is 24.7 Å². The summed E-state index contributed by atoms with van der Waals surface area (Å²) in [5, 5.41) is 86.2. The molecule has 0 radical (unpaired) electrons. The molecule has 16 nitrogen and oxygen atoms in total. The smallest absolute Gasteiger partial charge is 0.187 e. The molecule has 16 heteroatoms. The van der Waals surface area contributed by atoms with E-state index >= 15 is 0 Å². The third kappa shape index (κ3) is 7.02. The zero-order chi connectivity index (χ0) is 41.9. The number of aliphatic hydroxyl groups is 8. The molecule has 9 rings (SSSR count). The molecule has 4 aliphatic carbocycles. The van der Waals surface area contributed by atoms with Crippen molar-refractivity contribution in [3.05, 3.63) is 11.6 Å². The van der Waals surface area contributed by atoms with Crippen molar-refractivity contribution in [1.82, 2.24) is 0 Å². The highest BCUT2D eigenvalue weighted by atomic mass is 16.8. The summed E-state index contributed by atoms with van der Waals surface area (Å²) in [6.45, 7) is 10.9. The van der Waals surface area contributed by atoms with Crippen LogP contribution < -0.4 is 0 Å². The SMILES string of the molecule is C[C@@H]1CC[C@@]2(OC1)O[C@H]1C[C@H]3[C@@H]4CC=C5C[C@@H](O)C[C@@H](O[C@@H]6OC[C@H](O)[C@H](O[C@@H]7OC[C@@H](O)[C@H](O)[C@H]7O)[C@H]6O[C@@H]6O[C@@H](C)[C@H](O)[C@@H](O)[C@H]6O)[C@]5(C)[C@H]4CC[C@]3(C)[C@H]1[C@@H]2C. The third-order valence-electron chi connectivity index (χ3n) is 17.0. The monoisotopic (exact) mass is 840 g/mol. The fourth-order valence-electron chi connectivity index (χ4n) is 13.6. The third-order valence-corrected chi connectivity index (χ3v) is 17.0. The Morgan fingerprint density at radius 3 is 2.15 bits per heavy atom. The van der Waals surface area contributed by atoms with E-state index in [1.165, 1.54) is 6.92 Å². The van der Waals surface area contributed by atoms with E-state index < -0.39 is 103 Å². The van der Waals surface area contributed by atoms with Crippen molar-refractivity contribution in [3.63, 3.8) is 0 Å². The summed E-state index contributed by atoms with van der Waals surface area (Å²) in [5.74, 6) is 1.70. The van der Waals surface area contributed by atoms with Crippen LogP contribution in [0.1, 0.15) is 86.0 Å². The first kappa shape index (κ1) is 43.4. The maximum atomic E-state index is 11.4. The Morgan fingerprint density at radius 1 is 0.695 bits per heavy atom. The van der Waals surface area contributed by atoms with Gasteiger partial charge in [-0.2, -0.15) is 0 Å². The molecule has 0 aromatic carbocycles. The summed E-state index contributed by atoms with van der Waals surface area (Å²) in [4.78, 5) is 0. The van der Waals surface area contributed by atoms with Gasteiger partial charge in [0.1, 0.15) is 54.9 Å². The Hall–Kier alpha value is -0.900. The minimum Gasteiger partial charge on any atom is -0.393 e. The Labute approximate surface area is 346 Å². The maximum Gasteiger partial charge on any atom is 0.187 e. The van der Waals surface area contributed by atoms with Crippen LogP contribution in [-0.2, 0) is 37.9 Å². The zero-order valence-electron chi connectivity index (χ0n) is 34.9. The fourth-order valence-corrected chi connectivity index (χ4v) is 13.6. The Kier molecular flexibility index (Phi) is 11.7. The molecule has 336 valence electrons. The Morgan fingerprint density at radius 2 is 1.41 bits per heavy atom. The molecule has 8 fully saturated rings. The number of allylic oxidation sites excluding steroid dienone is 1. The van der Waals surface area contributed by atoms with Crippen molar-refractivity contribution in [2.45, 2.75) is 190 Å². The van der Waals surface area contributed by atoms with E-state index in [2.05, 4.69) is 33.8 Å². The van der Waals surface area contributed by atoms with Crippen LogP contribution >= 0.6 is 0 Å². The van der Waals surface area contributed by atoms with E-state index in [4.69, 9.17) is 37.9 Å². The minimum atomic E-state index is -1.71. The molecule has 5 aliphatic heterocycles. The van der Waals surface area contributed by atoms with E-state index in [0.29, 0.717) is 36.5 Å². The van der Waals surface area contributed by atoms with Gasteiger partial charge in [0, 0.05) is 24.2 Å². The van der Waals surface area contributed by atoms with E-state index in [1.54, 1.807) is 0 Å². The van der Waals surface area contributed by atoms with Crippen LogP contribution in [-0.4, -0.2) is 165 Å². The van der Waals surface area contributed by atoms with Gasteiger partial charge in [-0.1, -0.05) is 39.3 Å². The van der Waals surface area contributed by atoms with Gasteiger partial charge >= 0.3 is 0 Å². The van der Waals surface area contributed by atoms with Crippen molar-refractivity contribution < 1.29 is 78.7 Å². The lowest BCUT2D eigenvalue weighted by Crippen LogP contribution is -2.65. The molecule has 8 N–H and O–H groups in total. The van der Waals surface area contributed by atoms with E-state index in [1.807, 2.05) is 0 Å². The number of rotatable bonds is 6. The van der Waals surface area contributed by atoms with Crippen molar-refractivity contribution in [1.29, 1.82) is 0 Å². The molecule has 0 unspecified atom stereocenters. The van der Waals surface area contributed by atoms with Gasteiger partial charge in [0.2, 0.25) is 0 Å². The van der Waals surface area contributed by atoms with Crippen LogP contribution in [0.3, 0.4) is 0 Å². The number of aliphatic hydroxyl groups excluding tert-OH is 8. The van der Waals surface area contributed by atoms with E-state index in [0.717, 1.165) is 50.7 Å². The molecule has 5 heterocycles. The standard InChI is InChI=1S/C43H68O16/c1-18-8-11-43(54-15-18)19(2)30-28(59-43)14-25-23-7-6-21-12-22(44)13-29(42(21,5)24(23)9-10-41(25,30)4)56-40-37(58-39-35(51)33(49)31(47)20(3)55-39)36(27(46)17-53-40)57-38-34(50)32(48)26(45)16-52-38/h6,18-20,22-40,44-51H,7-17H2,1-5H3/t18-,19+,20+,22-,23-,24+,25+,26-,27+,28+,29-,30+,31+,32+,33-,34-,35-,36+,37-,38+,39+,40+,41+,42+,43-/m1/s1. The first-order valence-corrected chi connectivity index (χ1v) is 22.3. The van der Waals surface area contributed by atoms with Gasteiger partial charge < -0.3 is 78.7 Å². The second kappa shape index (κ2) is 16.0. The molecule has 25 atom stereocenters. The van der Waals surface area contributed by atoms with Crippen LogP contribution in [0.4, 0.5) is 0 Å². The Balaban J connectivity index is 0.993. The number of hydrogen-bond acceptors (Lipinski definition) is 16. The first-order valence-electron chi connectivity index (χ1n) is 22.3. The van der Waals surface area contributed by atoms with Gasteiger partial charge in [-0.3, -0.25) is 0 Å². The minimum absolute atomic E-state index is 0.0744. The van der Waals surface area contributed by atoms with Crippen LogP contribution in [0.2, 0.25) is 0 Å². The average Bonchev–Trinajstić information content (AvgIpc) is 3.65. The fraction of sp³-hybridized carbons (Fsp3) is 0.953. The first-order chi connectivity index (χ1) is 28.0. The van der Waals surface area contributed by atoms with Gasteiger partial charge in [0.25, 0.3) is 0 Å². The predicted octanol–water partition coefficient (Wildman–Crippen LogP) is 0.463. The van der Waals surface area contributed by atoms with E-state index in [9.17, 15) is 40.9 Å². The lowest BCUT2D eigenvalue weighted by atomic mass is 9.46. The summed E-state index contributed by atoms with van der Waals surface area (Å²) >= 11 is 0. The molecule has 0 amide bonds. The molecule has 0 aromatic heterocycles. The van der Waals surface area contributed by atoms with Crippen molar-refractivity contribution in [2.24, 2.45) is 46.3 Å². The Bertz CT molecular complexity index is 1540. The number of fused-ring (bicyclic) bond motifs is 7. The van der Waals surface area contributed by atoms with Crippen LogP contribution in [0.25, 0.3) is 0 Å². The van der Waals surface area contributed by atoms with Gasteiger partial charge in [-0.15, -0.1) is 0 Å². The largest absolute Gasteiger partial charge is 0.393 e. The maximum absolute atomic E-state index is 11.4. The normalized spacial score (nSPS) is 58.7. The number of hydrogen-bond donors (Lipinski definition) is 8. The highest BCUT2D eigenvalue weighted by molar-refractivity contribution is 5.29. The molecule has 3 saturated carbocycles. The van der Waals surface area contributed by atoms with Crippen molar-refractivity contribution >= 4 is 0 Å². The second-order valence-corrected chi connectivity index (χ2v) is 20.3. The molecular weight excluding hydrogens is 772 g/mol. The lowest BCUT2D eigenvalue weighted by molar-refractivity contribution is -0.382. The average molecular weight is 841 g/mol. The topological polar surface area (TPSA) is 236 Å². The predicted molar refractivity (Wildman–Crippen MR) is 204 cm³/mol. The summed E-state index contributed by atoms with van der Waals surface area (Å²) < 4.78 is 50.6. The van der Waals surface area contributed by atoms with Crippen molar-refractivity contribution in [2.75, 3.05) is 19.8 Å². The van der Waals surface area contributed by atoms with Crippen molar-refractivity contribution in [3.8, 4) is 0 Å². The number of ether oxygens (including phenoxy) is 8. The summed E-state index contributed by atoms with van der Waals surface area (Å²) in [5.41, 5.74) is 0.698. The highest BCUT2D eigenvalue weighted by Crippen LogP contribution is 2.71. The zero-order valence-corrected chi connectivity index (χ0v) is 34.9. The molecule has 0 aromatic rings. The molecule has 5 saturated heterocycles. The molecule has 1 spiro atoms. The lowest BCUT2D eigenvalue weighted by Gasteiger charge is -2.60. The summed E-state index contributed by atoms with van der Waals surface area (Å²) in [6, 6.07) is 0. The van der Waals surface area contributed by atoms with Gasteiger partial charge in [-0.25, -0.2) is 0 Å². The molecule has 0 bridgehead atoms. The molecule has 59 heavy (non-hydrogen) atoms. The van der Waals surface area contributed by atoms with Crippen LogP contribution in [0.5, 0.6) is 0 Å². The highest BCUT2D eigenvalue weighted by Gasteiger charge is 2.69. The molecular formula is C43H68O16. The van der Waals surface area contributed by atoms with E-state index in [-0.39, 0.29) is 36.6 Å². The second-order valence-electron chi connectivity index (χ2n) is 20.3. The quantitative estimate of drug-likeness (QED) is 0.170. The summed E-state index contributed by atoms with van der Waals surface area (Å²) in [6.07, 6.45) is -10.9. The summed E-state index contributed by atoms with van der Waals surface area (Å²) in [7, 11) is 0. The van der Waals surface area contributed by atoms with Crippen LogP contribution in [0, 0.1) is 46.3 Å².